The van der Waals surface area contributed by atoms with Gasteiger partial charge in [0.1, 0.15) is 11.6 Å². The van der Waals surface area contributed by atoms with Crippen molar-refractivity contribution in [3.63, 3.8) is 0 Å². The molecule has 102 valence electrons. The number of fused-ring (bicyclic) bond motifs is 1. The van der Waals surface area contributed by atoms with E-state index in [4.69, 9.17) is 0 Å². The molecule has 0 amide bonds. The molecule has 0 fully saturated rings. The van der Waals surface area contributed by atoms with Crippen LogP contribution in [0.3, 0.4) is 0 Å². The molecule has 1 unspecified atom stereocenters. The zero-order valence-corrected chi connectivity index (χ0v) is 10.7. The van der Waals surface area contributed by atoms with Gasteiger partial charge in [-0.3, -0.25) is 4.98 Å². The molecular weight excluding hydrogens is 262 g/mol. The second kappa shape index (κ2) is 4.97. The van der Waals surface area contributed by atoms with Gasteiger partial charge in [0.25, 0.3) is 0 Å². The number of aromatic nitrogens is 3. The summed E-state index contributed by atoms with van der Waals surface area (Å²) in [4.78, 5) is 4.02. The fourth-order valence-electron chi connectivity index (χ4n) is 2.32. The van der Waals surface area contributed by atoms with E-state index in [0.717, 1.165) is 0 Å². The van der Waals surface area contributed by atoms with Crippen LogP contribution in [0.2, 0.25) is 0 Å². The molecule has 0 spiro atoms. The molecule has 1 aromatic carbocycles. The highest BCUT2D eigenvalue weighted by Gasteiger charge is 2.23. The molecular formula is C14H12F2N4. The quantitative estimate of drug-likeness (QED) is 0.797. The third-order valence-electron chi connectivity index (χ3n) is 3.24. The Kier molecular flexibility index (Phi) is 3.15. The lowest BCUT2D eigenvalue weighted by atomic mass is 9.99. The van der Waals surface area contributed by atoms with Gasteiger partial charge in [-0.1, -0.05) is 6.07 Å². The Labute approximate surface area is 114 Å². The van der Waals surface area contributed by atoms with Crippen LogP contribution < -0.4 is 5.32 Å². The predicted molar refractivity (Wildman–Crippen MR) is 70.2 cm³/mol. The van der Waals surface area contributed by atoms with Gasteiger partial charge in [0.05, 0.1) is 24.0 Å². The Morgan fingerprint density at radius 1 is 1.20 bits per heavy atom. The van der Waals surface area contributed by atoms with E-state index in [1.54, 1.807) is 36.4 Å². The Balaban J connectivity index is 2.20. The van der Waals surface area contributed by atoms with E-state index in [-0.39, 0.29) is 5.56 Å². The summed E-state index contributed by atoms with van der Waals surface area (Å²) in [5.41, 5.74) is 1.35. The number of hydrogen-bond acceptors (Lipinski definition) is 3. The van der Waals surface area contributed by atoms with E-state index in [9.17, 15) is 8.78 Å². The van der Waals surface area contributed by atoms with Crippen molar-refractivity contribution in [2.45, 2.75) is 6.04 Å². The lowest BCUT2D eigenvalue weighted by molar-refractivity contribution is 0.523. The van der Waals surface area contributed by atoms with E-state index >= 15 is 0 Å². The van der Waals surface area contributed by atoms with Gasteiger partial charge >= 0.3 is 0 Å². The van der Waals surface area contributed by atoms with Crippen molar-refractivity contribution in [2.24, 2.45) is 0 Å². The largest absolute Gasteiger partial charge is 0.309 e. The monoisotopic (exact) mass is 274 g/mol. The molecule has 3 aromatic rings. The first-order chi connectivity index (χ1) is 9.72. The number of nitrogens with zero attached hydrogens (tertiary/aromatic N) is 3. The topological polar surface area (TPSA) is 42.2 Å². The van der Waals surface area contributed by atoms with Crippen LogP contribution in [-0.4, -0.2) is 21.6 Å². The number of halogens is 2. The number of nitrogens with one attached hydrogen (secondary N) is 1. The Morgan fingerprint density at radius 3 is 2.65 bits per heavy atom. The van der Waals surface area contributed by atoms with Crippen LogP contribution >= 0.6 is 0 Å². The van der Waals surface area contributed by atoms with Crippen LogP contribution in [0.15, 0.2) is 43.0 Å². The van der Waals surface area contributed by atoms with Gasteiger partial charge in [0, 0.05) is 23.5 Å². The summed E-state index contributed by atoms with van der Waals surface area (Å²) >= 11 is 0. The van der Waals surface area contributed by atoms with Crippen LogP contribution in [0.4, 0.5) is 8.78 Å². The minimum Gasteiger partial charge on any atom is -0.309 e. The summed E-state index contributed by atoms with van der Waals surface area (Å²) in [6, 6.07) is 3.20. The van der Waals surface area contributed by atoms with Crippen molar-refractivity contribution in [3.8, 4) is 0 Å². The molecule has 2 aromatic heterocycles. The van der Waals surface area contributed by atoms with Crippen molar-refractivity contribution in [1.29, 1.82) is 0 Å². The third kappa shape index (κ3) is 1.94. The summed E-state index contributed by atoms with van der Waals surface area (Å²) < 4.78 is 29.5. The lowest BCUT2D eigenvalue weighted by Gasteiger charge is -2.17. The maximum absolute atomic E-state index is 14.0. The molecule has 20 heavy (non-hydrogen) atoms. The lowest BCUT2D eigenvalue weighted by Crippen LogP contribution is -2.20. The standard InChI is InChI=1S/C14H12F2N4/c1-17-14(13-10(15)3-2-4-11(13)16)9-7-19-20-6-5-18-8-12(9)20/h2-8,14,17H,1H3. The Morgan fingerprint density at radius 2 is 1.95 bits per heavy atom. The molecule has 0 aliphatic carbocycles. The Bertz CT molecular complexity index is 734. The van der Waals surface area contributed by atoms with Crippen molar-refractivity contribution < 1.29 is 8.78 Å². The molecule has 1 N–H and O–H groups in total. The molecule has 0 aliphatic heterocycles. The molecule has 4 nitrogen and oxygen atoms in total. The van der Waals surface area contributed by atoms with Gasteiger partial charge in [-0.25, -0.2) is 13.3 Å². The maximum Gasteiger partial charge on any atom is 0.131 e. The minimum absolute atomic E-state index is 0.0197. The maximum atomic E-state index is 14.0. The van der Waals surface area contributed by atoms with Crippen molar-refractivity contribution in [3.05, 3.63) is 65.7 Å². The summed E-state index contributed by atoms with van der Waals surface area (Å²) in [6.07, 6.45) is 6.49. The van der Waals surface area contributed by atoms with Crippen LogP contribution in [0.25, 0.3) is 5.52 Å². The van der Waals surface area contributed by atoms with Crippen molar-refractivity contribution >= 4 is 5.52 Å². The zero-order chi connectivity index (χ0) is 14.1. The number of benzene rings is 1. The normalized spacial score (nSPS) is 12.8. The van der Waals surface area contributed by atoms with Crippen LogP contribution in [0, 0.1) is 11.6 Å². The summed E-state index contributed by atoms with van der Waals surface area (Å²) in [7, 11) is 1.65. The van der Waals surface area contributed by atoms with E-state index in [2.05, 4.69) is 15.4 Å². The van der Waals surface area contributed by atoms with Crippen molar-refractivity contribution in [1.82, 2.24) is 19.9 Å². The number of rotatable bonds is 3. The Hall–Kier alpha value is -2.34. The highest BCUT2D eigenvalue weighted by atomic mass is 19.1. The second-order valence-electron chi connectivity index (χ2n) is 4.36. The van der Waals surface area contributed by atoms with Crippen LogP contribution in [-0.2, 0) is 0 Å². The molecule has 1 atom stereocenters. The van der Waals surface area contributed by atoms with E-state index < -0.39 is 17.7 Å². The van der Waals surface area contributed by atoms with E-state index in [1.807, 2.05) is 0 Å². The molecule has 0 saturated heterocycles. The van der Waals surface area contributed by atoms with Gasteiger partial charge in [-0.15, -0.1) is 0 Å². The van der Waals surface area contributed by atoms with Gasteiger partial charge < -0.3 is 5.32 Å². The average Bonchev–Trinajstić information content (AvgIpc) is 2.87. The molecule has 0 bridgehead atoms. The third-order valence-corrected chi connectivity index (χ3v) is 3.24. The van der Waals surface area contributed by atoms with Crippen LogP contribution in [0.5, 0.6) is 0 Å². The fourth-order valence-corrected chi connectivity index (χ4v) is 2.32. The number of hydrogen-bond donors (Lipinski definition) is 1. The molecule has 0 saturated carbocycles. The highest BCUT2D eigenvalue weighted by Crippen LogP contribution is 2.28. The average molecular weight is 274 g/mol. The summed E-state index contributed by atoms with van der Waals surface area (Å²) in [5, 5.41) is 7.10. The molecule has 6 heteroatoms. The minimum atomic E-state index is -0.627. The van der Waals surface area contributed by atoms with Crippen LogP contribution in [0.1, 0.15) is 17.2 Å². The van der Waals surface area contributed by atoms with Gasteiger partial charge in [0.2, 0.25) is 0 Å². The van der Waals surface area contributed by atoms with Crippen molar-refractivity contribution in [2.75, 3.05) is 7.05 Å². The first-order valence-electron chi connectivity index (χ1n) is 6.11. The highest BCUT2D eigenvalue weighted by molar-refractivity contribution is 5.55. The molecule has 0 aliphatic rings. The van der Waals surface area contributed by atoms with E-state index in [0.29, 0.717) is 11.1 Å². The first kappa shape index (κ1) is 12.7. The summed E-state index contributed by atoms with van der Waals surface area (Å²) in [5.74, 6) is -1.18. The molecule has 0 radical (unpaired) electrons. The second-order valence-corrected chi connectivity index (χ2v) is 4.36. The summed E-state index contributed by atoms with van der Waals surface area (Å²) in [6.45, 7) is 0. The first-order valence-corrected chi connectivity index (χ1v) is 6.11. The van der Waals surface area contributed by atoms with Gasteiger partial charge in [-0.05, 0) is 19.2 Å². The predicted octanol–water partition coefficient (Wildman–Crippen LogP) is 2.32. The molecule has 3 rings (SSSR count). The fraction of sp³-hybridized carbons (Fsp3) is 0.143. The van der Waals surface area contributed by atoms with E-state index in [1.165, 1.54) is 18.2 Å². The SMILES string of the molecule is CNC(c1c(F)cccc1F)c1cnn2ccncc12. The van der Waals surface area contributed by atoms with Gasteiger partial charge in [0.15, 0.2) is 0 Å². The smallest absolute Gasteiger partial charge is 0.131 e. The van der Waals surface area contributed by atoms with Gasteiger partial charge in [-0.2, -0.15) is 5.10 Å². The zero-order valence-electron chi connectivity index (χ0n) is 10.7. The molecule has 2 heterocycles.